The minimum absolute atomic E-state index is 0.907. The van der Waals surface area contributed by atoms with Crippen LogP contribution < -0.4 is 4.90 Å². The Bertz CT molecular complexity index is 3530. The van der Waals surface area contributed by atoms with Crippen LogP contribution in [0.4, 0.5) is 17.1 Å². The predicted octanol–water partition coefficient (Wildman–Crippen LogP) is 16.8. The van der Waals surface area contributed by atoms with Gasteiger partial charge in [0.2, 0.25) is 0 Å². The van der Waals surface area contributed by atoms with Crippen LogP contribution in [-0.4, -0.2) is 4.57 Å². The van der Waals surface area contributed by atoms with E-state index in [-0.39, 0.29) is 0 Å². The van der Waals surface area contributed by atoms with Crippen LogP contribution in [0.1, 0.15) is 0 Å². The Balaban J connectivity index is 0.934. The summed E-state index contributed by atoms with van der Waals surface area (Å²) in [5, 5.41) is 4.80. The molecule has 0 aliphatic heterocycles. The topological polar surface area (TPSA) is 21.3 Å². The summed E-state index contributed by atoms with van der Waals surface area (Å²) < 4.78 is 8.58. The van der Waals surface area contributed by atoms with E-state index < -0.39 is 0 Å². The highest BCUT2D eigenvalue weighted by molar-refractivity contribution is 6.12. The zero-order valence-electron chi connectivity index (χ0n) is 34.4. The Labute approximate surface area is 366 Å². The first-order valence-electron chi connectivity index (χ1n) is 21.5. The molecule has 0 aliphatic rings. The minimum atomic E-state index is 0.907. The summed E-state index contributed by atoms with van der Waals surface area (Å²) in [6.45, 7) is 0. The third-order valence-electron chi connectivity index (χ3n) is 12.5. The summed E-state index contributed by atoms with van der Waals surface area (Å²) in [5.74, 6) is 0. The number of para-hydroxylation sites is 4. The van der Waals surface area contributed by atoms with Gasteiger partial charge in [-0.3, -0.25) is 0 Å². The molecule has 12 rings (SSSR count). The van der Waals surface area contributed by atoms with Crippen molar-refractivity contribution in [2.75, 3.05) is 4.90 Å². The monoisotopic (exact) mass is 804 g/mol. The maximum absolute atomic E-state index is 6.20. The molecule has 0 fully saturated rings. The van der Waals surface area contributed by atoms with Crippen molar-refractivity contribution in [1.82, 2.24) is 4.57 Å². The van der Waals surface area contributed by atoms with E-state index in [1.807, 2.05) is 12.1 Å². The van der Waals surface area contributed by atoms with Crippen LogP contribution in [0.2, 0.25) is 0 Å². The number of hydrogen-bond donors (Lipinski definition) is 0. The normalized spacial score (nSPS) is 11.5. The smallest absolute Gasteiger partial charge is 0.136 e. The van der Waals surface area contributed by atoms with E-state index in [1.165, 1.54) is 38.5 Å². The Morgan fingerprint density at radius 2 is 0.746 bits per heavy atom. The summed E-state index contributed by atoms with van der Waals surface area (Å²) in [7, 11) is 0. The van der Waals surface area contributed by atoms with Gasteiger partial charge in [0.05, 0.1) is 16.7 Å². The molecule has 0 aliphatic carbocycles. The van der Waals surface area contributed by atoms with Crippen molar-refractivity contribution in [3.63, 3.8) is 0 Å². The van der Waals surface area contributed by atoms with Gasteiger partial charge < -0.3 is 13.9 Å². The maximum Gasteiger partial charge on any atom is 0.136 e. The Morgan fingerprint density at radius 1 is 0.302 bits per heavy atom. The van der Waals surface area contributed by atoms with Gasteiger partial charge in [-0.15, -0.1) is 0 Å². The molecule has 63 heavy (non-hydrogen) atoms. The lowest BCUT2D eigenvalue weighted by molar-refractivity contribution is 0.669. The first-order chi connectivity index (χ1) is 31.2. The summed E-state index contributed by atoms with van der Waals surface area (Å²) in [6.07, 6.45) is 0. The number of aromatic nitrogens is 1. The first-order valence-corrected chi connectivity index (χ1v) is 21.5. The van der Waals surface area contributed by atoms with Gasteiger partial charge >= 0.3 is 0 Å². The summed E-state index contributed by atoms with van der Waals surface area (Å²) in [4.78, 5) is 2.39. The molecule has 3 nitrogen and oxygen atoms in total. The summed E-state index contributed by atoms with van der Waals surface area (Å²) in [5.41, 5.74) is 18.0. The third kappa shape index (κ3) is 6.38. The largest absolute Gasteiger partial charge is 0.456 e. The lowest BCUT2D eigenvalue weighted by Crippen LogP contribution is -2.11. The van der Waals surface area contributed by atoms with Gasteiger partial charge in [-0.05, 0) is 106 Å². The summed E-state index contributed by atoms with van der Waals surface area (Å²) in [6, 6.07) is 87.1. The van der Waals surface area contributed by atoms with Crippen molar-refractivity contribution in [3.05, 3.63) is 243 Å². The number of rotatable bonds is 8. The van der Waals surface area contributed by atoms with Crippen LogP contribution in [0.5, 0.6) is 0 Å². The SMILES string of the molecule is c1ccc(-c2ccc(-c3ccccc3N(c3ccc(-c4ccc(-c5cccc6oc7ccccc7c56)cc4)cc3)c3ccc(-n4c5ccccc5c5ccccc54)cc3)cc2)cc1. The molecule has 2 heterocycles. The highest BCUT2D eigenvalue weighted by Gasteiger charge is 2.19. The quantitative estimate of drug-likeness (QED) is 0.153. The molecule has 0 unspecified atom stereocenters. The second-order valence-corrected chi connectivity index (χ2v) is 16.1. The molecular weight excluding hydrogens is 765 g/mol. The van der Waals surface area contributed by atoms with Gasteiger partial charge in [0, 0.05) is 44.2 Å². The molecule has 0 bridgehead atoms. The van der Waals surface area contributed by atoms with Crippen molar-refractivity contribution in [3.8, 4) is 50.2 Å². The second kappa shape index (κ2) is 15.3. The van der Waals surface area contributed by atoms with E-state index in [2.05, 4.69) is 240 Å². The van der Waals surface area contributed by atoms with Crippen LogP contribution in [0, 0.1) is 0 Å². The molecule has 0 radical (unpaired) electrons. The lowest BCUT2D eigenvalue weighted by atomic mass is 9.96. The zero-order valence-corrected chi connectivity index (χ0v) is 34.4. The van der Waals surface area contributed by atoms with Crippen molar-refractivity contribution < 1.29 is 4.42 Å². The van der Waals surface area contributed by atoms with Gasteiger partial charge in [0.15, 0.2) is 0 Å². The number of hydrogen-bond acceptors (Lipinski definition) is 2. The Kier molecular flexibility index (Phi) is 8.83. The van der Waals surface area contributed by atoms with Crippen LogP contribution >= 0.6 is 0 Å². The molecule has 0 saturated heterocycles. The number of anilines is 3. The average molecular weight is 805 g/mol. The zero-order chi connectivity index (χ0) is 41.7. The number of furan rings is 1. The molecule has 0 N–H and O–H groups in total. The fraction of sp³-hybridized carbons (Fsp3) is 0. The third-order valence-corrected chi connectivity index (χ3v) is 12.5. The van der Waals surface area contributed by atoms with Gasteiger partial charge in [-0.2, -0.15) is 0 Å². The first kappa shape index (κ1) is 36.5. The predicted molar refractivity (Wildman–Crippen MR) is 264 cm³/mol. The van der Waals surface area contributed by atoms with E-state index >= 15 is 0 Å². The van der Waals surface area contributed by atoms with E-state index in [1.54, 1.807) is 0 Å². The highest BCUT2D eigenvalue weighted by Crippen LogP contribution is 2.43. The number of fused-ring (bicyclic) bond motifs is 6. The van der Waals surface area contributed by atoms with Gasteiger partial charge in [0.1, 0.15) is 11.2 Å². The second-order valence-electron chi connectivity index (χ2n) is 16.1. The van der Waals surface area contributed by atoms with Crippen LogP contribution in [0.3, 0.4) is 0 Å². The Hall–Kier alpha value is -8.40. The average Bonchev–Trinajstić information content (AvgIpc) is 3.91. The Morgan fingerprint density at radius 3 is 1.40 bits per heavy atom. The number of nitrogens with zero attached hydrogens (tertiary/aromatic N) is 2. The van der Waals surface area contributed by atoms with Crippen molar-refractivity contribution in [2.45, 2.75) is 0 Å². The van der Waals surface area contributed by atoms with Gasteiger partial charge in [0.25, 0.3) is 0 Å². The summed E-state index contributed by atoms with van der Waals surface area (Å²) >= 11 is 0. The van der Waals surface area contributed by atoms with Crippen LogP contribution in [0.15, 0.2) is 247 Å². The molecule has 296 valence electrons. The van der Waals surface area contributed by atoms with Crippen LogP contribution in [-0.2, 0) is 0 Å². The molecule has 0 amide bonds. The number of benzene rings is 10. The lowest BCUT2D eigenvalue weighted by Gasteiger charge is -2.28. The van der Waals surface area contributed by atoms with E-state index in [9.17, 15) is 0 Å². The van der Waals surface area contributed by atoms with Gasteiger partial charge in [-0.1, -0.05) is 176 Å². The van der Waals surface area contributed by atoms with Gasteiger partial charge in [-0.25, -0.2) is 0 Å². The molecule has 12 aromatic rings. The van der Waals surface area contributed by atoms with Crippen molar-refractivity contribution in [1.29, 1.82) is 0 Å². The molecule has 0 spiro atoms. The fourth-order valence-corrected chi connectivity index (χ4v) is 9.42. The molecule has 2 aromatic heterocycles. The molecule has 3 heteroatoms. The molecule has 10 aromatic carbocycles. The molecule has 0 saturated carbocycles. The van der Waals surface area contributed by atoms with Crippen molar-refractivity contribution >= 4 is 60.8 Å². The van der Waals surface area contributed by atoms with Crippen LogP contribution in [0.25, 0.3) is 93.9 Å². The maximum atomic E-state index is 6.20. The minimum Gasteiger partial charge on any atom is -0.456 e. The highest BCUT2D eigenvalue weighted by atomic mass is 16.3. The molecular formula is C60H40N2O. The standard InChI is InChI=1S/C60H40N2O/c1-2-13-41(14-3-1)42-25-29-45(30-26-42)50-15-4-8-20-55(50)61(48-37-39-49(40-38-48)62-56-21-9-5-16-52(56)53-17-6-10-22-57(53)62)47-35-33-44(34-36-47)43-27-31-46(32-28-43)51-19-12-24-59-60(51)54-18-7-11-23-58(54)63-59/h1-40H. The fourth-order valence-electron chi connectivity index (χ4n) is 9.42. The van der Waals surface area contributed by atoms with E-state index in [4.69, 9.17) is 4.42 Å². The van der Waals surface area contributed by atoms with Crippen molar-refractivity contribution in [2.24, 2.45) is 0 Å². The van der Waals surface area contributed by atoms with E-state index in [0.717, 1.165) is 72.5 Å². The molecule has 0 atom stereocenters. The van der Waals surface area contributed by atoms with E-state index in [0.29, 0.717) is 0 Å².